The van der Waals surface area contributed by atoms with Crippen molar-refractivity contribution in [3.8, 4) is 23.0 Å². The molecule has 0 amide bonds. The van der Waals surface area contributed by atoms with E-state index in [9.17, 15) is 30.0 Å². The summed E-state index contributed by atoms with van der Waals surface area (Å²) < 4.78 is 6.27. The fourth-order valence-electron chi connectivity index (χ4n) is 3.68. The summed E-state index contributed by atoms with van der Waals surface area (Å²) in [6.45, 7) is 1.94. The van der Waals surface area contributed by atoms with Crippen LogP contribution >= 0.6 is 0 Å². The van der Waals surface area contributed by atoms with Gasteiger partial charge in [0, 0.05) is 18.2 Å². The van der Waals surface area contributed by atoms with E-state index in [0.717, 1.165) is 0 Å². The molecule has 32 heavy (non-hydrogen) atoms. The lowest BCUT2D eigenvalue weighted by molar-refractivity contribution is -0.140. The first-order valence-electron chi connectivity index (χ1n) is 10.0. The van der Waals surface area contributed by atoms with Gasteiger partial charge in [0.2, 0.25) is 0 Å². The van der Waals surface area contributed by atoms with Crippen molar-refractivity contribution in [2.24, 2.45) is 0 Å². The number of aromatic hydroxyl groups is 4. The van der Waals surface area contributed by atoms with E-state index in [1.807, 2.05) is 0 Å². The molecule has 168 valence electrons. The summed E-state index contributed by atoms with van der Waals surface area (Å²) in [4.78, 5) is 25.5. The molecule has 0 aliphatic rings. The second kappa shape index (κ2) is 9.47. The van der Waals surface area contributed by atoms with Gasteiger partial charge in [-0.15, -0.1) is 0 Å². The Morgan fingerprint density at radius 1 is 0.969 bits per heavy atom. The molecule has 2 aromatic carbocycles. The van der Waals surface area contributed by atoms with Crippen molar-refractivity contribution in [3.05, 3.63) is 81.3 Å². The lowest BCUT2D eigenvalue weighted by Gasteiger charge is -2.20. The monoisotopic (exact) mass is 439 g/mol. The molecule has 8 nitrogen and oxygen atoms in total. The Kier molecular flexibility index (Phi) is 6.73. The van der Waals surface area contributed by atoms with Crippen LogP contribution in [0.4, 0.5) is 0 Å². The largest absolute Gasteiger partial charge is 0.508 e. The second-order valence-electron chi connectivity index (χ2n) is 7.54. The highest BCUT2D eigenvalue weighted by Crippen LogP contribution is 2.33. The Balaban J connectivity index is 2.03. The fraction of sp³-hybridized carbons (Fsp3) is 0.250. The predicted molar refractivity (Wildman–Crippen MR) is 117 cm³/mol. The number of hydrogen-bond acceptors (Lipinski definition) is 7. The SMILES string of the molecule is COC(=O)C[C@H](c1ccc(O)cc1)c1c(O)cc(C)n(CCc2ccc(O)c(O)c2)c1=O. The molecule has 0 saturated heterocycles. The van der Waals surface area contributed by atoms with E-state index >= 15 is 0 Å². The number of pyridine rings is 1. The number of phenols is 3. The predicted octanol–water partition coefficient (Wildman–Crippen LogP) is 2.92. The first-order valence-corrected chi connectivity index (χ1v) is 10.0. The number of nitrogens with zero attached hydrogens (tertiary/aromatic N) is 1. The van der Waals surface area contributed by atoms with Crippen molar-refractivity contribution in [2.45, 2.75) is 32.2 Å². The summed E-state index contributed by atoms with van der Waals surface area (Å²) in [5.41, 5.74) is 1.42. The van der Waals surface area contributed by atoms with Gasteiger partial charge in [-0.1, -0.05) is 18.2 Å². The molecule has 0 unspecified atom stereocenters. The number of aromatic nitrogens is 1. The summed E-state index contributed by atoms with van der Waals surface area (Å²) in [6, 6.07) is 12.0. The van der Waals surface area contributed by atoms with Crippen LogP contribution in [0.25, 0.3) is 0 Å². The summed E-state index contributed by atoms with van der Waals surface area (Å²) in [5, 5.41) is 39.4. The third-order valence-corrected chi connectivity index (χ3v) is 5.43. The number of carbonyl (C=O) groups excluding carboxylic acids is 1. The summed E-state index contributed by atoms with van der Waals surface area (Å²) in [7, 11) is 1.25. The zero-order valence-corrected chi connectivity index (χ0v) is 17.8. The van der Waals surface area contributed by atoms with Gasteiger partial charge < -0.3 is 29.7 Å². The molecule has 0 aliphatic heterocycles. The molecule has 0 spiro atoms. The minimum atomic E-state index is -0.778. The number of hydrogen-bond donors (Lipinski definition) is 4. The highest BCUT2D eigenvalue weighted by atomic mass is 16.5. The van der Waals surface area contributed by atoms with Crippen molar-refractivity contribution in [2.75, 3.05) is 7.11 Å². The van der Waals surface area contributed by atoms with Crippen LogP contribution in [0.2, 0.25) is 0 Å². The summed E-state index contributed by atoms with van der Waals surface area (Å²) in [5.74, 6) is -1.99. The van der Waals surface area contributed by atoms with Crippen LogP contribution in [-0.2, 0) is 22.5 Å². The van der Waals surface area contributed by atoms with E-state index in [0.29, 0.717) is 23.2 Å². The highest BCUT2D eigenvalue weighted by Gasteiger charge is 2.26. The van der Waals surface area contributed by atoms with Crippen molar-refractivity contribution < 1.29 is 30.0 Å². The lowest BCUT2D eigenvalue weighted by atomic mass is 9.88. The quantitative estimate of drug-likeness (QED) is 0.329. The third-order valence-electron chi connectivity index (χ3n) is 5.43. The zero-order chi connectivity index (χ0) is 23.4. The van der Waals surface area contributed by atoms with Gasteiger partial charge in [-0.3, -0.25) is 9.59 Å². The molecule has 0 radical (unpaired) electrons. The average molecular weight is 439 g/mol. The minimum Gasteiger partial charge on any atom is -0.508 e. The van der Waals surface area contributed by atoms with Crippen LogP contribution in [0.1, 0.15) is 34.7 Å². The Labute approximate surface area is 184 Å². The second-order valence-corrected chi connectivity index (χ2v) is 7.54. The summed E-state index contributed by atoms with van der Waals surface area (Å²) >= 11 is 0. The van der Waals surface area contributed by atoms with Crippen molar-refractivity contribution in [3.63, 3.8) is 0 Å². The maximum Gasteiger partial charge on any atom is 0.306 e. The molecule has 0 aliphatic carbocycles. The molecule has 0 saturated carbocycles. The minimum absolute atomic E-state index is 0.0354. The number of esters is 1. The average Bonchev–Trinajstić information content (AvgIpc) is 2.75. The van der Waals surface area contributed by atoms with Crippen LogP contribution in [0.15, 0.2) is 53.3 Å². The smallest absolute Gasteiger partial charge is 0.306 e. The van der Waals surface area contributed by atoms with Crippen molar-refractivity contribution >= 4 is 5.97 Å². The maximum absolute atomic E-state index is 13.4. The van der Waals surface area contributed by atoms with Gasteiger partial charge in [-0.05, 0) is 54.8 Å². The van der Waals surface area contributed by atoms with Crippen LogP contribution in [-0.4, -0.2) is 38.1 Å². The first-order chi connectivity index (χ1) is 15.2. The van der Waals surface area contributed by atoms with Crippen molar-refractivity contribution in [1.82, 2.24) is 4.57 Å². The van der Waals surface area contributed by atoms with Gasteiger partial charge in [-0.25, -0.2) is 0 Å². The van der Waals surface area contributed by atoms with Gasteiger partial charge in [0.25, 0.3) is 5.56 Å². The molecular weight excluding hydrogens is 414 g/mol. The molecule has 1 heterocycles. The number of carbonyl (C=O) groups is 1. The van der Waals surface area contributed by atoms with E-state index in [2.05, 4.69) is 0 Å². The van der Waals surface area contributed by atoms with Gasteiger partial charge in [0.15, 0.2) is 11.5 Å². The molecule has 0 fully saturated rings. The van der Waals surface area contributed by atoms with Crippen molar-refractivity contribution in [1.29, 1.82) is 0 Å². The Morgan fingerprint density at radius 3 is 2.28 bits per heavy atom. The number of methoxy groups -OCH3 is 1. The molecule has 0 bridgehead atoms. The van der Waals surface area contributed by atoms with Crippen LogP contribution in [0, 0.1) is 6.92 Å². The molecular formula is C24H25NO7. The maximum atomic E-state index is 13.4. The molecule has 4 N–H and O–H groups in total. The number of phenolic OH excluding ortho intramolecular Hbond substituents is 3. The van der Waals surface area contributed by atoms with E-state index in [4.69, 9.17) is 4.74 Å². The van der Waals surface area contributed by atoms with E-state index in [-0.39, 0.29) is 41.5 Å². The molecule has 1 aromatic heterocycles. The Hall–Kier alpha value is -3.94. The number of ether oxygens (including phenoxy) is 1. The third kappa shape index (κ3) is 4.85. The number of aryl methyl sites for hydroxylation is 2. The molecule has 8 heteroatoms. The number of benzene rings is 2. The van der Waals surface area contributed by atoms with Gasteiger partial charge in [-0.2, -0.15) is 0 Å². The zero-order valence-electron chi connectivity index (χ0n) is 17.8. The Morgan fingerprint density at radius 2 is 1.66 bits per heavy atom. The van der Waals surface area contributed by atoms with Crippen LogP contribution in [0.5, 0.6) is 23.0 Å². The van der Waals surface area contributed by atoms with E-state index < -0.39 is 17.4 Å². The normalized spacial score (nSPS) is 11.8. The molecule has 1 atom stereocenters. The fourth-order valence-corrected chi connectivity index (χ4v) is 3.68. The summed E-state index contributed by atoms with van der Waals surface area (Å²) in [6.07, 6.45) is 0.221. The van der Waals surface area contributed by atoms with Gasteiger partial charge >= 0.3 is 5.97 Å². The van der Waals surface area contributed by atoms with Gasteiger partial charge in [0.1, 0.15) is 11.5 Å². The van der Waals surface area contributed by atoms with Crippen LogP contribution < -0.4 is 5.56 Å². The highest BCUT2D eigenvalue weighted by molar-refractivity contribution is 5.71. The standard InChI is InChI=1S/C24H25NO7/c1-14-11-21(29)23(18(13-22(30)32-2)16-4-6-17(26)7-5-16)24(31)25(14)10-9-15-3-8-19(27)20(28)12-15/h3-8,11-12,18,26-29H,9-10,13H2,1-2H3/t18-/m1/s1. The van der Waals surface area contributed by atoms with E-state index in [1.165, 1.54) is 42.0 Å². The van der Waals surface area contributed by atoms with Gasteiger partial charge in [0.05, 0.1) is 19.1 Å². The molecule has 3 aromatic rings. The first kappa shape index (κ1) is 22.7. The van der Waals surface area contributed by atoms with E-state index in [1.54, 1.807) is 25.1 Å². The molecule has 3 rings (SSSR count). The lowest BCUT2D eigenvalue weighted by Crippen LogP contribution is -2.29. The Bertz CT molecular complexity index is 1180. The topological polar surface area (TPSA) is 129 Å². The number of rotatable bonds is 7. The van der Waals surface area contributed by atoms with Crippen LogP contribution in [0.3, 0.4) is 0 Å².